The second-order valence-electron chi connectivity index (χ2n) is 9.59. The zero-order valence-corrected chi connectivity index (χ0v) is 22.5. The first-order valence-electron chi connectivity index (χ1n) is 12.9. The van der Waals surface area contributed by atoms with Crippen LogP contribution in [-0.4, -0.2) is 11.9 Å². The van der Waals surface area contributed by atoms with Crippen LogP contribution in [0.3, 0.4) is 0 Å². The molecule has 0 fully saturated rings. The zero-order valence-electron chi connectivity index (χ0n) is 20.9. The Morgan fingerprint density at radius 2 is 0.811 bits per heavy atom. The predicted octanol–water partition coefficient (Wildman–Crippen LogP) is 7.42. The Morgan fingerprint density at radius 1 is 0.541 bits per heavy atom. The van der Waals surface area contributed by atoms with Gasteiger partial charge in [-0.3, -0.25) is 0 Å². The summed E-state index contributed by atoms with van der Waals surface area (Å²) in [6.07, 6.45) is 0.422. The van der Waals surface area contributed by atoms with Crippen molar-refractivity contribution in [1.82, 2.24) is 0 Å². The molecule has 4 aromatic rings. The Balaban J connectivity index is 1.71. The van der Waals surface area contributed by atoms with Gasteiger partial charge in [0, 0.05) is 0 Å². The summed E-state index contributed by atoms with van der Waals surface area (Å²) in [6.45, 7) is 3.59. The van der Waals surface area contributed by atoms with E-state index in [-0.39, 0.29) is 33.2 Å². The van der Waals surface area contributed by atoms with E-state index in [1.807, 2.05) is 48.5 Å². The standard InChI is InChI=1S/2C13H9.2C3H6O2.Ti/c2*1-3-7-12-10(5-1)9-11-6-2-4-8-13(11)12;2*1-2-3(4)5;/h2*1-9H;2*2H2,1H3,(H,4,5);/q;;;;+2/p-2. The van der Waals surface area contributed by atoms with Gasteiger partial charge < -0.3 is 0 Å². The van der Waals surface area contributed by atoms with Crippen molar-refractivity contribution >= 4 is 11.9 Å². The van der Waals surface area contributed by atoms with Crippen molar-refractivity contribution in [2.75, 3.05) is 0 Å². The van der Waals surface area contributed by atoms with Crippen molar-refractivity contribution in [2.45, 2.75) is 35.1 Å². The van der Waals surface area contributed by atoms with Gasteiger partial charge in [-0.2, -0.15) is 0 Å². The van der Waals surface area contributed by atoms with Crippen molar-refractivity contribution in [2.24, 2.45) is 0 Å². The summed E-state index contributed by atoms with van der Waals surface area (Å²) in [5.41, 5.74) is 8.71. The molecule has 0 bridgehead atoms. The molecule has 0 aliphatic heterocycles. The van der Waals surface area contributed by atoms with Crippen LogP contribution in [0.25, 0.3) is 22.3 Å². The van der Waals surface area contributed by atoms with Gasteiger partial charge in [0.25, 0.3) is 0 Å². The molecule has 0 N–H and O–H groups in total. The third-order valence-electron chi connectivity index (χ3n) is 7.60. The Hall–Kier alpha value is -3.47. The molecule has 0 radical (unpaired) electrons. The number of fused-ring (bicyclic) bond motifs is 6. The van der Waals surface area contributed by atoms with E-state index in [2.05, 4.69) is 48.5 Å². The monoisotopic (exact) mass is 524 g/mol. The number of hydrogen-bond acceptors (Lipinski definition) is 4. The molecule has 6 rings (SSSR count). The van der Waals surface area contributed by atoms with E-state index in [9.17, 15) is 9.59 Å². The summed E-state index contributed by atoms with van der Waals surface area (Å²) < 4.78 is 12.7. The van der Waals surface area contributed by atoms with Crippen LogP contribution in [-0.2, 0) is 33.6 Å². The number of rotatable bonds is 6. The van der Waals surface area contributed by atoms with Gasteiger partial charge in [-0.25, -0.2) is 0 Å². The van der Waals surface area contributed by atoms with Gasteiger partial charge in [0.05, 0.1) is 0 Å². The van der Waals surface area contributed by atoms with E-state index in [1.165, 1.54) is 0 Å². The second-order valence-corrected chi connectivity index (χ2v) is 14.3. The van der Waals surface area contributed by atoms with Crippen molar-refractivity contribution in [3.8, 4) is 22.3 Å². The number of carbonyl (C=O) groups excluding carboxylic acids is 2. The fourth-order valence-corrected chi connectivity index (χ4v) is 13.3. The molecule has 37 heavy (non-hydrogen) atoms. The van der Waals surface area contributed by atoms with Crippen LogP contribution >= 0.6 is 0 Å². The molecule has 0 aromatic heterocycles. The number of benzene rings is 4. The molecule has 2 aliphatic rings. The van der Waals surface area contributed by atoms with Gasteiger partial charge in [0.2, 0.25) is 0 Å². The molecule has 4 aromatic carbocycles. The summed E-state index contributed by atoms with van der Waals surface area (Å²) in [6, 6.07) is 33.1. The van der Waals surface area contributed by atoms with Crippen LogP contribution in [0, 0.1) is 0 Å². The van der Waals surface area contributed by atoms with Crippen molar-refractivity contribution in [3.05, 3.63) is 119 Å². The Morgan fingerprint density at radius 3 is 1.08 bits per heavy atom. The summed E-state index contributed by atoms with van der Waals surface area (Å²) in [5.74, 6) is -0.653. The molecule has 0 heterocycles. The summed E-state index contributed by atoms with van der Waals surface area (Å²) >= 11 is -4.57. The van der Waals surface area contributed by atoms with Gasteiger partial charge in [-0.05, 0) is 0 Å². The van der Waals surface area contributed by atoms with Gasteiger partial charge >= 0.3 is 222 Å². The van der Waals surface area contributed by atoms with Crippen LogP contribution < -0.4 is 0 Å². The molecule has 0 saturated heterocycles. The van der Waals surface area contributed by atoms with E-state index >= 15 is 0 Å². The first-order valence-corrected chi connectivity index (χ1v) is 16.0. The maximum atomic E-state index is 13.3. The van der Waals surface area contributed by atoms with Gasteiger partial charge in [0.15, 0.2) is 0 Å². The third kappa shape index (κ3) is 3.70. The van der Waals surface area contributed by atoms with Crippen molar-refractivity contribution in [3.63, 3.8) is 0 Å². The Kier molecular flexibility index (Phi) is 6.10. The second kappa shape index (κ2) is 9.44. The van der Waals surface area contributed by atoms with Crippen LogP contribution in [0.5, 0.6) is 0 Å². The average Bonchev–Trinajstić information content (AvgIpc) is 3.46. The van der Waals surface area contributed by atoms with Crippen molar-refractivity contribution in [1.29, 1.82) is 0 Å². The van der Waals surface area contributed by atoms with Gasteiger partial charge in [0.1, 0.15) is 0 Å². The molecule has 2 aliphatic carbocycles. The normalized spacial score (nSPS) is 13.9. The third-order valence-corrected chi connectivity index (χ3v) is 13.8. The predicted molar refractivity (Wildman–Crippen MR) is 140 cm³/mol. The number of carbonyl (C=O) groups is 2. The topological polar surface area (TPSA) is 52.6 Å². The van der Waals surface area contributed by atoms with E-state index in [0.717, 1.165) is 44.5 Å². The van der Waals surface area contributed by atoms with E-state index in [4.69, 9.17) is 6.64 Å². The molecule has 0 atom stereocenters. The first-order chi connectivity index (χ1) is 18.1. The van der Waals surface area contributed by atoms with E-state index in [0.29, 0.717) is 0 Å². The minimum atomic E-state index is -4.57. The molecule has 4 nitrogen and oxygen atoms in total. The Bertz CT molecular complexity index is 1320. The minimum absolute atomic E-state index is 0.211. The molecule has 0 saturated carbocycles. The van der Waals surface area contributed by atoms with E-state index < -0.39 is 17.4 Å². The molecule has 0 spiro atoms. The zero-order chi connectivity index (χ0) is 25.6. The maximum absolute atomic E-state index is 13.3. The molecular formula is C32H28O4Ti. The van der Waals surface area contributed by atoms with Gasteiger partial charge in [-0.15, -0.1) is 0 Å². The summed E-state index contributed by atoms with van der Waals surface area (Å²) in [4.78, 5) is 26.6. The fourth-order valence-electron chi connectivity index (χ4n) is 6.10. The molecule has 184 valence electrons. The van der Waals surface area contributed by atoms with Crippen LogP contribution in [0.2, 0.25) is 0 Å². The quantitative estimate of drug-likeness (QED) is 0.247. The summed E-state index contributed by atoms with van der Waals surface area (Å²) in [5, 5.41) is 0. The molecule has 5 heteroatoms. The first kappa shape index (κ1) is 23.9. The van der Waals surface area contributed by atoms with Crippen LogP contribution in [0.15, 0.2) is 97.1 Å². The number of hydrogen-bond donors (Lipinski definition) is 0. The van der Waals surface area contributed by atoms with Crippen molar-refractivity contribution < 1.29 is 33.6 Å². The Labute approximate surface area is 221 Å². The molecule has 0 unspecified atom stereocenters. The average molecular weight is 524 g/mol. The summed E-state index contributed by atoms with van der Waals surface area (Å²) in [7, 11) is 0. The molecule has 0 amide bonds. The SMILES string of the molecule is CCC(=O)[O][Ti]([O]C(=O)CC)([CH]1c2ccccc2-c2ccccc21)[CH]1c2ccccc2-c2ccccc21. The van der Waals surface area contributed by atoms with E-state index in [1.54, 1.807) is 13.8 Å². The fraction of sp³-hybridized carbons (Fsp3) is 0.188. The van der Waals surface area contributed by atoms with Crippen LogP contribution in [0.1, 0.15) is 57.4 Å². The molecular weight excluding hydrogens is 496 g/mol. The van der Waals surface area contributed by atoms with Crippen LogP contribution in [0.4, 0.5) is 0 Å². The van der Waals surface area contributed by atoms with Gasteiger partial charge in [-0.1, -0.05) is 0 Å².